The number of imidazole rings is 1. The Hall–Kier alpha value is -4.86. The maximum Gasteiger partial charge on any atom is 0.146 e. The Bertz CT molecular complexity index is 1630. The van der Waals surface area contributed by atoms with Gasteiger partial charge in [-0.1, -0.05) is 24.3 Å². The Labute approximate surface area is 199 Å². The van der Waals surface area contributed by atoms with Gasteiger partial charge in [0.2, 0.25) is 0 Å². The van der Waals surface area contributed by atoms with Crippen LogP contribution in [0.15, 0.2) is 79.6 Å². The van der Waals surface area contributed by atoms with Crippen LogP contribution < -0.4 is 5.73 Å². The number of rotatable bonds is 5. The topological polar surface area (TPSA) is 116 Å². The molecule has 3 N–H and O–H groups in total. The van der Waals surface area contributed by atoms with E-state index in [4.69, 9.17) is 5.73 Å². The van der Waals surface area contributed by atoms with Gasteiger partial charge < -0.3 is 15.3 Å². The molecule has 0 fully saturated rings. The lowest BCUT2D eigenvalue weighted by Crippen LogP contribution is -2.07. The number of aromatic amines is 1. The lowest BCUT2D eigenvalue weighted by Gasteiger charge is -2.13. The molecule has 172 valence electrons. The fraction of sp³-hybridized carbons (Fsp3) is 0.0800. The molecule has 0 radical (unpaired) electrons. The van der Waals surface area contributed by atoms with E-state index in [-0.39, 0.29) is 11.9 Å². The van der Waals surface area contributed by atoms with Gasteiger partial charge in [0, 0.05) is 11.8 Å². The van der Waals surface area contributed by atoms with E-state index in [0.29, 0.717) is 22.9 Å². The Kier molecular flexibility index (Phi) is 4.84. The van der Waals surface area contributed by atoms with Crippen molar-refractivity contribution < 1.29 is 4.39 Å². The highest BCUT2D eigenvalue weighted by Gasteiger charge is 2.21. The van der Waals surface area contributed by atoms with E-state index < -0.39 is 0 Å². The van der Waals surface area contributed by atoms with Gasteiger partial charge in [-0.2, -0.15) is 15.0 Å². The van der Waals surface area contributed by atoms with E-state index >= 15 is 0 Å². The third-order valence-electron chi connectivity index (χ3n) is 6.06. The normalized spacial score (nSPS) is 12.3. The maximum absolute atomic E-state index is 14.3. The number of hydrogen-bond acceptors (Lipinski definition) is 6. The van der Waals surface area contributed by atoms with Crippen LogP contribution in [-0.2, 0) is 0 Å². The molecule has 0 aliphatic heterocycles. The van der Waals surface area contributed by atoms with Gasteiger partial charge >= 0.3 is 0 Å². The summed E-state index contributed by atoms with van der Waals surface area (Å²) in [6.45, 7) is 2.02. The number of anilines is 1. The molecule has 9 nitrogen and oxygen atoms in total. The van der Waals surface area contributed by atoms with Crippen LogP contribution in [0, 0.1) is 5.82 Å². The fourth-order valence-corrected chi connectivity index (χ4v) is 4.23. The minimum absolute atomic E-state index is 0.180. The highest BCUT2D eigenvalue weighted by Crippen LogP contribution is 2.36. The first-order valence-electron chi connectivity index (χ1n) is 11.0. The van der Waals surface area contributed by atoms with Crippen molar-refractivity contribution in [3.8, 4) is 28.2 Å². The van der Waals surface area contributed by atoms with Crippen LogP contribution >= 0.6 is 0 Å². The average molecular weight is 465 g/mol. The zero-order chi connectivity index (χ0) is 23.9. The minimum atomic E-state index is -0.330. The second-order valence-electron chi connectivity index (χ2n) is 8.12. The molecule has 0 aliphatic carbocycles. The summed E-state index contributed by atoms with van der Waals surface area (Å²) < 4.78 is 16.3. The third-order valence-corrected chi connectivity index (χ3v) is 6.06. The Morgan fingerprint density at radius 3 is 2.49 bits per heavy atom. The monoisotopic (exact) mass is 465 g/mol. The van der Waals surface area contributed by atoms with E-state index in [9.17, 15) is 4.39 Å². The van der Waals surface area contributed by atoms with Gasteiger partial charge in [0.1, 0.15) is 29.4 Å². The van der Waals surface area contributed by atoms with E-state index in [1.807, 2.05) is 42.0 Å². The van der Waals surface area contributed by atoms with Crippen molar-refractivity contribution in [2.45, 2.75) is 13.0 Å². The summed E-state index contributed by atoms with van der Waals surface area (Å²) in [5, 5.41) is 9.11. The van der Waals surface area contributed by atoms with Crippen LogP contribution in [0.25, 0.3) is 39.2 Å². The van der Waals surface area contributed by atoms with Crippen LogP contribution in [0.3, 0.4) is 0 Å². The summed E-state index contributed by atoms with van der Waals surface area (Å²) in [5.41, 5.74) is 10.9. The average Bonchev–Trinajstić information content (AvgIpc) is 3.65. The zero-order valence-corrected chi connectivity index (χ0v) is 18.7. The number of nitrogen functional groups attached to an aromatic ring is 1. The summed E-state index contributed by atoms with van der Waals surface area (Å²) >= 11 is 0. The Balaban J connectivity index is 1.42. The predicted molar refractivity (Wildman–Crippen MR) is 130 cm³/mol. The van der Waals surface area contributed by atoms with E-state index in [0.717, 1.165) is 27.9 Å². The predicted octanol–water partition coefficient (Wildman–Crippen LogP) is 4.40. The second kappa shape index (κ2) is 8.17. The highest BCUT2D eigenvalue weighted by atomic mass is 19.1. The van der Waals surface area contributed by atoms with Crippen LogP contribution in [0.5, 0.6) is 0 Å². The number of nitrogens with zero attached hydrogens (tertiary/aromatic N) is 7. The second-order valence-corrected chi connectivity index (χ2v) is 8.12. The molecule has 6 rings (SSSR count). The summed E-state index contributed by atoms with van der Waals surface area (Å²) in [7, 11) is 0. The van der Waals surface area contributed by atoms with Gasteiger partial charge in [-0.15, -0.1) is 0 Å². The summed E-state index contributed by atoms with van der Waals surface area (Å²) in [6, 6.07) is 14.2. The molecule has 0 spiro atoms. The summed E-state index contributed by atoms with van der Waals surface area (Å²) in [5.74, 6) is 0.535. The molecule has 0 aliphatic rings. The van der Waals surface area contributed by atoms with Crippen molar-refractivity contribution in [3.05, 3.63) is 91.2 Å². The van der Waals surface area contributed by atoms with E-state index in [1.54, 1.807) is 41.6 Å². The van der Waals surface area contributed by atoms with Gasteiger partial charge in [-0.25, -0.2) is 19.3 Å². The van der Waals surface area contributed by atoms with E-state index in [2.05, 4.69) is 30.1 Å². The number of fused-ring (bicyclic) bond motifs is 1. The molecular formula is C25H20FN9. The van der Waals surface area contributed by atoms with Gasteiger partial charge in [0.05, 0.1) is 47.0 Å². The molecule has 10 heteroatoms. The maximum atomic E-state index is 14.3. The molecule has 1 unspecified atom stereocenters. The van der Waals surface area contributed by atoms with Gasteiger partial charge in [-0.3, -0.25) is 0 Å². The lowest BCUT2D eigenvalue weighted by molar-refractivity contribution is 0.628. The SMILES string of the molecule is CC(c1cnc(-c2ccccc2F)[nH]1)n1cc(-c2ccc(-n3nccn3)cc2)c2c(N)ncnc21. The van der Waals surface area contributed by atoms with Crippen molar-refractivity contribution in [1.29, 1.82) is 0 Å². The highest BCUT2D eigenvalue weighted by molar-refractivity contribution is 6.00. The fourth-order valence-electron chi connectivity index (χ4n) is 4.23. The molecule has 35 heavy (non-hydrogen) atoms. The molecule has 4 aromatic heterocycles. The number of hydrogen-bond donors (Lipinski definition) is 2. The number of nitrogens with two attached hydrogens (primary N) is 1. The number of H-pyrrole nitrogens is 1. The van der Waals surface area contributed by atoms with Crippen molar-refractivity contribution in [1.82, 2.24) is 39.5 Å². The van der Waals surface area contributed by atoms with Gasteiger partial charge in [-0.05, 0) is 36.8 Å². The van der Waals surface area contributed by atoms with Gasteiger partial charge in [0.15, 0.2) is 0 Å². The Morgan fingerprint density at radius 2 is 1.71 bits per heavy atom. The molecule has 0 amide bonds. The van der Waals surface area contributed by atoms with Crippen LogP contribution in [0.4, 0.5) is 10.2 Å². The first kappa shape index (κ1) is 20.7. The van der Waals surface area contributed by atoms with Crippen molar-refractivity contribution in [3.63, 3.8) is 0 Å². The van der Waals surface area contributed by atoms with Crippen LogP contribution in [0.1, 0.15) is 18.7 Å². The molecule has 1 atom stereocenters. The number of halogens is 1. The van der Waals surface area contributed by atoms with Crippen molar-refractivity contribution >= 4 is 16.9 Å². The third kappa shape index (κ3) is 3.52. The standard InChI is InChI=1S/C25H20FN9/c1-15(21-12-28-24(33-21)18-4-2-3-5-20(18)26)34-13-19(22-23(27)29-14-30-25(22)34)16-6-8-17(9-7-16)35-31-10-11-32-35/h2-15H,1H3,(H,28,33)(H2,27,29,30). The van der Waals surface area contributed by atoms with Crippen molar-refractivity contribution in [2.75, 3.05) is 5.73 Å². The van der Waals surface area contributed by atoms with Crippen LogP contribution in [0.2, 0.25) is 0 Å². The smallest absolute Gasteiger partial charge is 0.146 e. The molecule has 2 aromatic carbocycles. The first-order valence-corrected chi connectivity index (χ1v) is 11.0. The quantitative estimate of drug-likeness (QED) is 0.390. The van der Waals surface area contributed by atoms with Gasteiger partial charge in [0.25, 0.3) is 0 Å². The summed E-state index contributed by atoms with van der Waals surface area (Å²) in [6.07, 6.45) is 8.44. The zero-order valence-electron chi connectivity index (χ0n) is 18.7. The molecule has 4 heterocycles. The van der Waals surface area contributed by atoms with Crippen molar-refractivity contribution in [2.24, 2.45) is 0 Å². The Morgan fingerprint density at radius 1 is 0.943 bits per heavy atom. The lowest BCUT2D eigenvalue weighted by atomic mass is 10.1. The minimum Gasteiger partial charge on any atom is -0.383 e. The molecule has 0 saturated carbocycles. The number of nitrogens with one attached hydrogen (secondary N) is 1. The molecule has 0 bridgehead atoms. The largest absolute Gasteiger partial charge is 0.383 e. The summed E-state index contributed by atoms with van der Waals surface area (Å²) in [4.78, 5) is 18.0. The molecule has 6 aromatic rings. The van der Waals surface area contributed by atoms with Crippen LogP contribution in [-0.4, -0.2) is 39.5 Å². The molecule has 0 saturated heterocycles. The number of benzene rings is 2. The number of aromatic nitrogens is 8. The van der Waals surface area contributed by atoms with E-state index in [1.165, 1.54) is 12.4 Å². The molecular weight excluding hydrogens is 445 g/mol. The first-order chi connectivity index (χ1) is 17.1.